The zero-order valence-electron chi connectivity index (χ0n) is 14.5. The van der Waals surface area contributed by atoms with Gasteiger partial charge >= 0.3 is 0 Å². The summed E-state index contributed by atoms with van der Waals surface area (Å²) in [6.45, 7) is 2.28. The lowest BCUT2D eigenvalue weighted by Crippen LogP contribution is -2.28. The van der Waals surface area contributed by atoms with Gasteiger partial charge in [-0.2, -0.15) is 0 Å². The van der Waals surface area contributed by atoms with E-state index >= 15 is 0 Å². The first kappa shape index (κ1) is 18.7. The van der Waals surface area contributed by atoms with Gasteiger partial charge in [-0.25, -0.2) is 0 Å². The molecule has 2 rings (SSSR count). The molecule has 1 unspecified atom stereocenters. The number of carbonyl (C=O) groups excluding carboxylic acids is 2. The van der Waals surface area contributed by atoms with Crippen molar-refractivity contribution in [2.75, 3.05) is 6.54 Å². The third-order valence-electron chi connectivity index (χ3n) is 4.28. The summed E-state index contributed by atoms with van der Waals surface area (Å²) in [6.07, 6.45) is 2.66. The number of amides is 2. The summed E-state index contributed by atoms with van der Waals surface area (Å²) in [4.78, 5) is 22.9. The van der Waals surface area contributed by atoms with Crippen LogP contribution in [-0.2, 0) is 9.59 Å². The van der Waals surface area contributed by atoms with Crippen molar-refractivity contribution in [3.63, 3.8) is 0 Å². The monoisotopic (exact) mass is 337 g/mol. The second kappa shape index (κ2) is 9.62. The van der Waals surface area contributed by atoms with E-state index in [0.29, 0.717) is 13.0 Å². The highest BCUT2D eigenvalue weighted by Gasteiger charge is 2.15. The Morgan fingerprint density at radius 1 is 1.00 bits per heavy atom. The predicted molar refractivity (Wildman–Crippen MR) is 99.6 cm³/mol. The molecule has 131 valence electrons. The number of carbonyl (C=O) groups is 2. The van der Waals surface area contributed by atoms with Gasteiger partial charge in [-0.05, 0) is 24.0 Å². The Labute approximate surface area is 149 Å². The first-order valence-electron chi connectivity index (χ1n) is 8.58. The zero-order valence-corrected chi connectivity index (χ0v) is 14.5. The van der Waals surface area contributed by atoms with Gasteiger partial charge in [-0.3, -0.25) is 9.59 Å². The molecule has 0 aliphatic carbocycles. The van der Waals surface area contributed by atoms with Crippen molar-refractivity contribution >= 4 is 11.8 Å². The normalized spacial score (nSPS) is 11.9. The second-order valence-electron chi connectivity index (χ2n) is 6.20. The van der Waals surface area contributed by atoms with Crippen LogP contribution in [-0.4, -0.2) is 18.4 Å². The molecule has 25 heavy (non-hydrogen) atoms. The fourth-order valence-electron chi connectivity index (χ4n) is 2.71. The predicted octanol–water partition coefficient (Wildman–Crippen LogP) is 3.04. The molecule has 0 bridgehead atoms. The number of benzene rings is 2. The van der Waals surface area contributed by atoms with Crippen LogP contribution in [0, 0.1) is 12.3 Å². The molecule has 2 amide bonds. The van der Waals surface area contributed by atoms with Gasteiger partial charge in [-0.15, -0.1) is 0 Å². The number of rotatable bonds is 9. The standard InChI is InChI=1S/C21H25N2O2/c1-16(21(22)25)12-13-20(24)23-15-14-19(17-8-4-2-5-9-17)18-10-6-3-7-11-18/h2-11,13,16,19H,12,14-15H2,1H3,(H2,22,25)(H,23,24). The average molecular weight is 337 g/mol. The Bertz CT molecular complexity index is 631. The fraction of sp³-hybridized carbons (Fsp3) is 0.286. The van der Waals surface area contributed by atoms with Crippen LogP contribution in [0.25, 0.3) is 0 Å². The molecular formula is C21H25N2O2. The van der Waals surface area contributed by atoms with E-state index in [1.807, 2.05) is 36.4 Å². The van der Waals surface area contributed by atoms with Crippen molar-refractivity contribution in [2.45, 2.75) is 25.7 Å². The minimum atomic E-state index is -0.391. The summed E-state index contributed by atoms with van der Waals surface area (Å²) >= 11 is 0. The van der Waals surface area contributed by atoms with Gasteiger partial charge in [0.25, 0.3) is 0 Å². The van der Waals surface area contributed by atoms with E-state index in [1.165, 1.54) is 17.5 Å². The van der Waals surface area contributed by atoms with E-state index in [4.69, 9.17) is 5.73 Å². The Kier molecular flexibility index (Phi) is 7.20. The molecule has 4 nitrogen and oxygen atoms in total. The van der Waals surface area contributed by atoms with Crippen LogP contribution in [0.1, 0.15) is 36.8 Å². The maximum atomic E-state index is 11.9. The molecule has 0 fully saturated rings. The van der Waals surface area contributed by atoms with Gasteiger partial charge in [0, 0.05) is 18.4 Å². The lowest BCUT2D eigenvalue weighted by atomic mass is 9.88. The van der Waals surface area contributed by atoms with Gasteiger partial charge in [0.2, 0.25) is 11.8 Å². The van der Waals surface area contributed by atoms with Gasteiger partial charge in [0.1, 0.15) is 0 Å². The summed E-state index contributed by atoms with van der Waals surface area (Å²) < 4.78 is 0. The first-order chi connectivity index (χ1) is 12.1. The molecule has 0 spiro atoms. The van der Waals surface area contributed by atoms with E-state index in [2.05, 4.69) is 29.6 Å². The molecular weight excluding hydrogens is 312 g/mol. The smallest absolute Gasteiger partial charge is 0.223 e. The van der Waals surface area contributed by atoms with Gasteiger partial charge in [-0.1, -0.05) is 67.6 Å². The van der Waals surface area contributed by atoms with E-state index in [0.717, 1.165) is 6.42 Å². The van der Waals surface area contributed by atoms with Crippen molar-refractivity contribution in [2.24, 2.45) is 11.7 Å². The molecule has 3 N–H and O–H groups in total. The zero-order chi connectivity index (χ0) is 18.1. The summed E-state index contributed by atoms with van der Waals surface area (Å²) in [5.41, 5.74) is 7.66. The maximum absolute atomic E-state index is 11.9. The Morgan fingerprint density at radius 3 is 2.00 bits per heavy atom. The Balaban J connectivity index is 1.90. The number of nitrogens with one attached hydrogen (secondary N) is 1. The van der Waals surface area contributed by atoms with E-state index in [-0.39, 0.29) is 17.7 Å². The third kappa shape index (κ3) is 6.07. The average Bonchev–Trinajstić information content (AvgIpc) is 2.64. The highest BCUT2D eigenvalue weighted by atomic mass is 16.2. The molecule has 0 aliphatic heterocycles. The molecule has 1 atom stereocenters. The summed E-state index contributed by atoms with van der Waals surface area (Å²) in [5.74, 6) is -0.648. The van der Waals surface area contributed by atoms with Crippen LogP contribution in [0.4, 0.5) is 0 Å². The Morgan fingerprint density at radius 2 is 1.52 bits per heavy atom. The lowest BCUT2D eigenvalue weighted by Gasteiger charge is -2.18. The Hall–Kier alpha value is -2.62. The minimum absolute atomic E-state index is 0.159. The van der Waals surface area contributed by atoms with Crippen molar-refractivity contribution in [3.8, 4) is 0 Å². The van der Waals surface area contributed by atoms with Crippen molar-refractivity contribution in [1.82, 2.24) is 5.32 Å². The van der Waals surface area contributed by atoms with Gasteiger partial charge in [0.15, 0.2) is 0 Å². The van der Waals surface area contributed by atoms with Crippen LogP contribution in [0.15, 0.2) is 60.7 Å². The van der Waals surface area contributed by atoms with Gasteiger partial charge < -0.3 is 11.1 Å². The molecule has 0 aromatic heterocycles. The summed E-state index contributed by atoms with van der Waals surface area (Å²) in [5, 5.41) is 2.90. The lowest BCUT2D eigenvalue weighted by molar-refractivity contribution is -0.121. The van der Waals surface area contributed by atoms with Crippen LogP contribution in [0.3, 0.4) is 0 Å². The highest BCUT2D eigenvalue weighted by Crippen LogP contribution is 2.27. The van der Waals surface area contributed by atoms with Crippen LogP contribution in [0.2, 0.25) is 0 Å². The largest absolute Gasteiger partial charge is 0.369 e. The molecule has 4 heteroatoms. The fourth-order valence-corrected chi connectivity index (χ4v) is 2.71. The van der Waals surface area contributed by atoms with Crippen molar-refractivity contribution < 1.29 is 9.59 Å². The third-order valence-corrected chi connectivity index (χ3v) is 4.28. The quantitative estimate of drug-likeness (QED) is 0.738. The van der Waals surface area contributed by atoms with Crippen LogP contribution in [0.5, 0.6) is 0 Å². The topological polar surface area (TPSA) is 72.2 Å². The maximum Gasteiger partial charge on any atom is 0.223 e. The molecule has 0 saturated carbocycles. The van der Waals surface area contributed by atoms with Crippen LogP contribution >= 0.6 is 0 Å². The number of nitrogens with two attached hydrogens (primary N) is 1. The molecule has 0 heterocycles. The number of hydrogen-bond donors (Lipinski definition) is 2. The summed E-state index contributed by atoms with van der Waals surface area (Å²) in [6, 6.07) is 20.6. The van der Waals surface area contributed by atoms with E-state index < -0.39 is 5.91 Å². The molecule has 0 aliphatic rings. The molecule has 2 aromatic rings. The van der Waals surface area contributed by atoms with E-state index in [9.17, 15) is 9.59 Å². The number of primary amides is 1. The highest BCUT2D eigenvalue weighted by molar-refractivity contribution is 5.85. The number of hydrogen-bond acceptors (Lipinski definition) is 2. The SMILES string of the molecule is CC(C[CH]C(=O)NCCC(c1ccccc1)c1ccccc1)C(N)=O. The van der Waals surface area contributed by atoms with Gasteiger partial charge in [0.05, 0.1) is 6.42 Å². The molecule has 0 saturated heterocycles. The molecule has 1 radical (unpaired) electrons. The van der Waals surface area contributed by atoms with E-state index in [1.54, 1.807) is 6.92 Å². The first-order valence-corrected chi connectivity index (χ1v) is 8.58. The van der Waals surface area contributed by atoms with Crippen molar-refractivity contribution in [1.29, 1.82) is 0 Å². The van der Waals surface area contributed by atoms with Crippen molar-refractivity contribution in [3.05, 3.63) is 78.2 Å². The van der Waals surface area contributed by atoms with Crippen LogP contribution < -0.4 is 11.1 Å². The summed E-state index contributed by atoms with van der Waals surface area (Å²) in [7, 11) is 0. The minimum Gasteiger partial charge on any atom is -0.369 e. The second-order valence-corrected chi connectivity index (χ2v) is 6.20. The molecule has 2 aromatic carbocycles.